The molecule has 0 spiro atoms. The van der Waals surface area contributed by atoms with Crippen molar-refractivity contribution in [2.75, 3.05) is 0 Å². The second kappa shape index (κ2) is 5.07. The number of allylic oxidation sites excluding steroid dienone is 1. The molecular weight excluding hydrogens is 272 g/mol. The summed E-state index contributed by atoms with van der Waals surface area (Å²) in [5.74, 6) is -0.651. The molecule has 1 aromatic rings. The molecular formula is C10H12N4O6. The number of hydrogen-bond acceptors (Lipinski definition) is 5. The Bertz CT molecular complexity index is 694. The normalized spacial score (nSPS) is 16.7. The van der Waals surface area contributed by atoms with Crippen molar-refractivity contribution in [3.63, 3.8) is 0 Å². The van der Waals surface area contributed by atoms with Crippen LogP contribution in [0.4, 0.5) is 4.79 Å². The maximum absolute atomic E-state index is 12.1. The van der Waals surface area contributed by atoms with Crippen LogP contribution in [0.5, 0.6) is 0 Å². The lowest BCUT2D eigenvalue weighted by Crippen LogP contribution is -2.34. The molecule has 1 aliphatic rings. The summed E-state index contributed by atoms with van der Waals surface area (Å²) in [5.41, 5.74) is 3.56. The van der Waals surface area contributed by atoms with Crippen LogP contribution < -0.4 is 17.1 Å². The van der Waals surface area contributed by atoms with Crippen LogP contribution in [0.3, 0.4) is 0 Å². The molecule has 1 atom stereocenters. The first kappa shape index (κ1) is 13.6. The summed E-state index contributed by atoms with van der Waals surface area (Å²) in [5, 5.41) is 8.61. The Balaban J connectivity index is 2.44. The lowest BCUT2D eigenvalue weighted by atomic mass is 10.4. The number of amides is 1. The van der Waals surface area contributed by atoms with Gasteiger partial charge in [-0.2, -0.15) is 4.68 Å². The molecule has 10 heteroatoms. The van der Waals surface area contributed by atoms with Gasteiger partial charge in [-0.25, -0.2) is 23.6 Å². The Kier molecular flexibility index (Phi) is 3.46. The molecule has 0 saturated heterocycles. The summed E-state index contributed by atoms with van der Waals surface area (Å²) >= 11 is 0. The third-order valence-corrected chi connectivity index (χ3v) is 2.76. The van der Waals surface area contributed by atoms with E-state index in [1.807, 2.05) is 0 Å². The van der Waals surface area contributed by atoms with Crippen molar-refractivity contribution in [2.45, 2.75) is 25.7 Å². The van der Waals surface area contributed by atoms with Gasteiger partial charge in [-0.15, -0.1) is 0 Å². The lowest BCUT2D eigenvalue weighted by molar-refractivity contribution is -0.118. The number of ether oxygens (including phenoxy) is 1. The molecule has 108 valence electrons. The first-order valence-electron chi connectivity index (χ1n) is 5.68. The molecule has 3 N–H and O–H groups in total. The van der Waals surface area contributed by atoms with Crippen molar-refractivity contribution in [1.29, 1.82) is 0 Å². The zero-order valence-electron chi connectivity index (χ0n) is 10.3. The summed E-state index contributed by atoms with van der Waals surface area (Å²) < 4.78 is 7.26. The Morgan fingerprint density at radius 3 is 2.70 bits per heavy atom. The van der Waals surface area contributed by atoms with Gasteiger partial charge in [0.05, 0.1) is 6.54 Å². The van der Waals surface area contributed by atoms with E-state index in [-0.39, 0.29) is 19.5 Å². The maximum Gasteiger partial charge on any atom is 0.508 e. The molecule has 0 fully saturated rings. The van der Waals surface area contributed by atoms with Gasteiger partial charge in [0.2, 0.25) is 12.1 Å². The monoisotopic (exact) mass is 284 g/mol. The topological polar surface area (TPSA) is 139 Å². The number of carbonyl (C=O) groups is 2. The minimum absolute atomic E-state index is 0.108. The molecule has 1 aromatic heterocycles. The van der Waals surface area contributed by atoms with Crippen LogP contribution in [-0.2, 0) is 22.6 Å². The Labute approximate surface area is 111 Å². The molecule has 0 bridgehead atoms. The summed E-state index contributed by atoms with van der Waals surface area (Å²) in [4.78, 5) is 45.4. The van der Waals surface area contributed by atoms with Gasteiger partial charge in [0.1, 0.15) is 0 Å². The van der Waals surface area contributed by atoms with Crippen LogP contribution >= 0.6 is 0 Å². The Morgan fingerprint density at radius 1 is 1.40 bits per heavy atom. The number of hydrogen-bond donors (Lipinski definition) is 2. The largest absolute Gasteiger partial charge is 0.508 e. The number of nitrogens with zero attached hydrogens (tertiary/aromatic N) is 3. The minimum Gasteiger partial charge on any atom is -0.450 e. The predicted molar refractivity (Wildman–Crippen MR) is 64.1 cm³/mol. The number of carbonyl (C=O) groups excluding carboxylic acids is 1. The molecule has 1 aliphatic heterocycles. The smallest absolute Gasteiger partial charge is 0.450 e. The average Bonchev–Trinajstić information content (AvgIpc) is 2.60. The van der Waals surface area contributed by atoms with Gasteiger partial charge in [0, 0.05) is 13.0 Å². The predicted octanol–water partition coefficient (Wildman–Crippen LogP) is -1.55. The maximum atomic E-state index is 12.1. The zero-order valence-corrected chi connectivity index (χ0v) is 10.3. The van der Waals surface area contributed by atoms with Crippen molar-refractivity contribution >= 4 is 12.1 Å². The third-order valence-electron chi connectivity index (χ3n) is 2.76. The highest BCUT2D eigenvalue weighted by Crippen LogP contribution is 2.11. The molecule has 1 unspecified atom stereocenters. The van der Waals surface area contributed by atoms with Gasteiger partial charge in [-0.05, 0) is 6.08 Å². The minimum atomic E-state index is -1.57. The molecule has 2 rings (SSSR count). The molecule has 1 amide bonds. The van der Waals surface area contributed by atoms with E-state index < -0.39 is 29.7 Å². The average molecular weight is 284 g/mol. The van der Waals surface area contributed by atoms with Crippen molar-refractivity contribution in [1.82, 2.24) is 13.9 Å². The fraction of sp³-hybridized carbons (Fsp3) is 0.400. The highest BCUT2D eigenvalue weighted by molar-refractivity contribution is 5.73. The fourth-order valence-corrected chi connectivity index (χ4v) is 1.92. The standard InChI is InChI=1S/C10H12N4O6/c11-6(15)3-5-12-8(16)13-4-1-2-7(20-10(18)19)14(13)9(12)17/h1-2,7H,3-5H2,(H2,11,15)(H,18,19). The summed E-state index contributed by atoms with van der Waals surface area (Å²) in [6, 6.07) is 0. The number of carboxylic acid groups (broad SMARTS) is 1. The van der Waals surface area contributed by atoms with Gasteiger partial charge in [-0.1, -0.05) is 6.08 Å². The van der Waals surface area contributed by atoms with E-state index in [1.54, 1.807) is 0 Å². The molecule has 2 heterocycles. The van der Waals surface area contributed by atoms with Gasteiger partial charge in [-0.3, -0.25) is 4.79 Å². The van der Waals surface area contributed by atoms with Crippen LogP contribution in [0, 0.1) is 0 Å². The Hall–Kier alpha value is -2.78. The van der Waals surface area contributed by atoms with Crippen LogP contribution in [-0.4, -0.2) is 31.1 Å². The number of primary amides is 1. The summed E-state index contributed by atoms with van der Waals surface area (Å²) in [7, 11) is 0. The van der Waals surface area contributed by atoms with E-state index in [0.29, 0.717) is 0 Å². The first-order chi connectivity index (χ1) is 9.41. The molecule has 10 nitrogen and oxygen atoms in total. The quantitative estimate of drug-likeness (QED) is 0.507. The SMILES string of the molecule is NC(=O)CCn1c(=O)n2n(c1=O)C(OC(=O)O)C=CC2. The van der Waals surface area contributed by atoms with Crippen molar-refractivity contribution < 1.29 is 19.4 Å². The fourth-order valence-electron chi connectivity index (χ4n) is 1.92. The number of nitrogens with two attached hydrogens (primary N) is 1. The van der Waals surface area contributed by atoms with Gasteiger partial charge in [0.25, 0.3) is 0 Å². The van der Waals surface area contributed by atoms with E-state index in [1.165, 1.54) is 12.2 Å². The highest BCUT2D eigenvalue weighted by Gasteiger charge is 2.25. The number of aromatic nitrogens is 3. The lowest BCUT2D eigenvalue weighted by Gasteiger charge is -2.18. The second-order valence-corrected chi connectivity index (χ2v) is 4.06. The van der Waals surface area contributed by atoms with E-state index in [0.717, 1.165) is 13.9 Å². The van der Waals surface area contributed by atoms with Crippen LogP contribution in [0.15, 0.2) is 21.7 Å². The van der Waals surface area contributed by atoms with Crippen LogP contribution in [0.2, 0.25) is 0 Å². The number of rotatable bonds is 4. The Morgan fingerprint density at radius 2 is 2.10 bits per heavy atom. The van der Waals surface area contributed by atoms with Gasteiger partial charge >= 0.3 is 17.5 Å². The van der Waals surface area contributed by atoms with Crippen LogP contribution in [0.1, 0.15) is 12.6 Å². The second-order valence-electron chi connectivity index (χ2n) is 4.06. The van der Waals surface area contributed by atoms with E-state index >= 15 is 0 Å². The zero-order chi connectivity index (χ0) is 14.9. The molecule has 0 radical (unpaired) electrons. The van der Waals surface area contributed by atoms with Crippen molar-refractivity contribution in [2.24, 2.45) is 5.73 Å². The van der Waals surface area contributed by atoms with Crippen molar-refractivity contribution in [3.8, 4) is 0 Å². The number of fused-ring (bicyclic) bond motifs is 1. The summed E-state index contributed by atoms with van der Waals surface area (Å²) in [6.07, 6.45) is -0.0919. The first-order valence-corrected chi connectivity index (χ1v) is 5.68. The van der Waals surface area contributed by atoms with Gasteiger partial charge < -0.3 is 15.6 Å². The van der Waals surface area contributed by atoms with Crippen molar-refractivity contribution in [3.05, 3.63) is 33.1 Å². The molecule has 0 aromatic carbocycles. The van der Waals surface area contributed by atoms with Gasteiger partial charge in [0.15, 0.2) is 0 Å². The van der Waals surface area contributed by atoms with E-state index in [4.69, 9.17) is 10.8 Å². The van der Waals surface area contributed by atoms with Crippen LogP contribution in [0.25, 0.3) is 0 Å². The van der Waals surface area contributed by atoms with E-state index in [9.17, 15) is 19.2 Å². The summed E-state index contributed by atoms with van der Waals surface area (Å²) in [6.45, 7) is -0.0586. The molecule has 0 saturated carbocycles. The molecule has 0 aliphatic carbocycles. The highest BCUT2D eigenvalue weighted by atomic mass is 16.7. The molecule has 20 heavy (non-hydrogen) atoms. The third kappa shape index (κ3) is 2.35. The van der Waals surface area contributed by atoms with E-state index in [2.05, 4.69) is 4.74 Å².